The summed E-state index contributed by atoms with van der Waals surface area (Å²) in [4.78, 5) is 13.2. The minimum atomic E-state index is -0.752. The molecular weight excluding hydrogens is 288 g/mol. The molecule has 0 amide bonds. The summed E-state index contributed by atoms with van der Waals surface area (Å²) in [6.07, 6.45) is -0.225. The normalized spacial score (nSPS) is 23.2. The van der Waals surface area contributed by atoms with Crippen LogP contribution in [-0.4, -0.2) is 23.1 Å². The van der Waals surface area contributed by atoms with Crippen molar-refractivity contribution >= 4 is 5.78 Å². The van der Waals surface area contributed by atoms with Crippen molar-refractivity contribution in [2.24, 2.45) is 16.7 Å². The summed E-state index contributed by atoms with van der Waals surface area (Å²) in [5, 5.41) is 10.9. The lowest BCUT2D eigenvalue weighted by atomic mass is 9.68. The maximum atomic E-state index is 13.2. The maximum Gasteiger partial charge on any atom is 0.176 e. The number of rotatable bonds is 2. The predicted octanol–water partition coefficient (Wildman–Crippen LogP) is 4.26. The van der Waals surface area contributed by atoms with E-state index in [2.05, 4.69) is 27.7 Å². The number of aliphatic hydroxyl groups is 1. The Bertz CT molecular complexity index is 590. The van der Waals surface area contributed by atoms with Gasteiger partial charge in [0, 0.05) is 0 Å². The number of Topliss-reactive ketones (excluding diaryl/α,β-unsaturated/α-hetero) is 1. The van der Waals surface area contributed by atoms with Gasteiger partial charge in [0.1, 0.15) is 11.9 Å². The largest absolute Gasteiger partial charge is 0.488 e. The lowest BCUT2D eigenvalue weighted by Gasteiger charge is -2.44. The quantitative estimate of drug-likeness (QED) is 0.886. The molecule has 0 aliphatic carbocycles. The van der Waals surface area contributed by atoms with Crippen molar-refractivity contribution in [2.45, 2.75) is 67.1 Å². The molecule has 23 heavy (non-hydrogen) atoms. The van der Waals surface area contributed by atoms with E-state index in [0.717, 1.165) is 12.0 Å². The van der Waals surface area contributed by atoms with Gasteiger partial charge in [0.25, 0.3) is 0 Å². The second-order valence-corrected chi connectivity index (χ2v) is 8.79. The monoisotopic (exact) mass is 318 g/mol. The zero-order chi connectivity index (χ0) is 17.6. The smallest absolute Gasteiger partial charge is 0.176 e. The average Bonchev–Trinajstić information content (AvgIpc) is 2.44. The number of aliphatic hydroxyl groups excluding tert-OH is 1. The van der Waals surface area contributed by atoms with Gasteiger partial charge in [0.05, 0.1) is 17.6 Å². The van der Waals surface area contributed by atoms with Crippen LogP contribution in [0.4, 0.5) is 0 Å². The molecule has 3 atom stereocenters. The first-order valence-corrected chi connectivity index (χ1v) is 8.48. The Balaban J connectivity index is 2.55. The minimum Gasteiger partial charge on any atom is -0.488 e. The molecule has 0 saturated carbocycles. The Hall–Kier alpha value is -1.35. The first-order valence-electron chi connectivity index (χ1n) is 8.48. The van der Waals surface area contributed by atoms with Gasteiger partial charge in [-0.3, -0.25) is 4.79 Å². The summed E-state index contributed by atoms with van der Waals surface area (Å²) < 4.78 is 6.21. The van der Waals surface area contributed by atoms with Crippen LogP contribution in [0.15, 0.2) is 18.2 Å². The summed E-state index contributed by atoms with van der Waals surface area (Å²) >= 11 is 0. The third-order valence-electron chi connectivity index (χ3n) is 4.68. The highest BCUT2D eigenvalue weighted by molar-refractivity contribution is 6.02. The first kappa shape index (κ1) is 18.0. The van der Waals surface area contributed by atoms with Crippen LogP contribution in [0.3, 0.4) is 0 Å². The molecule has 0 saturated heterocycles. The summed E-state index contributed by atoms with van der Waals surface area (Å²) in [6, 6.07) is 5.82. The first-order chi connectivity index (χ1) is 10.5. The standard InChI is InChI=1S/C20H30O3/c1-8-12-9-10-14-13(11-12)16(21)15(17(22)19(2,3)4)18(23-14)20(5,6)7/h9-11,15,17-18,22H,8H2,1-7H3/t15-,17+,18+/m0/s1. The number of hydrogen-bond acceptors (Lipinski definition) is 3. The highest BCUT2D eigenvalue weighted by atomic mass is 16.5. The molecule has 128 valence electrons. The highest BCUT2D eigenvalue weighted by Crippen LogP contribution is 2.43. The van der Waals surface area contributed by atoms with Crippen molar-refractivity contribution < 1.29 is 14.6 Å². The fourth-order valence-corrected chi connectivity index (χ4v) is 3.18. The van der Waals surface area contributed by atoms with Gasteiger partial charge in [-0.2, -0.15) is 0 Å². The number of carbonyl (C=O) groups excluding carboxylic acids is 1. The Morgan fingerprint density at radius 2 is 1.78 bits per heavy atom. The second-order valence-electron chi connectivity index (χ2n) is 8.79. The summed E-state index contributed by atoms with van der Waals surface area (Å²) in [5.41, 5.74) is 1.10. The van der Waals surface area contributed by atoms with E-state index in [1.807, 2.05) is 39.0 Å². The molecule has 1 heterocycles. The molecule has 1 aromatic carbocycles. The van der Waals surface area contributed by atoms with Crippen molar-refractivity contribution in [1.82, 2.24) is 0 Å². The Labute approximate surface area is 140 Å². The third-order valence-corrected chi connectivity index (χ3v) is 4.68. The number of fused-ring (bicyclic) bond motifs is 1. The van der Waals surface area contributed by atoms with Crippen molar-refractivity contribution in [3.05, 3.63) is 29.3 Å². The molecule has 1 N–H and O–H groups in total. The van der Waals surface area contributed by atoms with Crippen molar-refractivity contribution in [3.8, 4) is 5.75 Å². The predicted molar refractivity (Wildman–Crippen MR) is 93.0 cm³/mol. The van der Waals surface area contributed by atoms with E-state index in [1.165, 1.54) is 0 Å². The van der Waals surface area contributed by atoms with E-state index in [4.69, 9.17) is 4.74 Å². The lowest BCUT2D eigenvalue weighted by molar-refractivity contribution is -0.0602. The zero-order valence-electron chi connectivity index (χ0n) is 15.4. The van der Waals surface area contributed by atoms with Gasteiger partial charge in [0.2, 0.25) is 0 Å². The number of carbonyl (C=O) groups is 1. The maximum absolute atomic E-state index is 13.2. The zero-order valence-corrected chi connectivity index (χ0v) is 15.4. The lowest BCUT2D eigenvalue weighted by Crippen LogP contribution is -2.53. The van der Waals surface area contributed by atoms with E-state index in [1.54, 1.807) is 0 Å². The number of aryl methyl sites for hydroxylation is 1. The van der Waals surface area contributed by atoms with Gasteiger partial charge < -0.3 is 9.84 Å². The van der Waals surface area contributed by atoms with Crippen LogP contribution in [-0.2, 0) is 6.42 Å². The molecule has 3 heteroatoms. The Kier molecular flexibility index (Phi) is 4.64. The summed E-state index contributed by atoms with van der Waals surface area (Å²) in [7, 11) is 0. The van der Waals surface area contributed by atoms with Gasteiger partial charge in [0.15, 0.2) is 5.78 Å². The fraction of sp³-hybridized carbons (Fsp3) is 0.650. The summed E-state index contributed by atoms with van der Waals surface area (Å²) in [5.74, 6) is 0.1000. The van der Waals surface area contributed by atoms with Crippen LogP contribution in [0, 0.1) is 16.7 Å². The van der Waals surface area contributed by atoms with Gasteiger partial charge in [-0.25, -0.2) is 0 Å². The molecule has 0 radical (unpaired) electrons. The van der Waals surface area contributed by atoms with Gasteiger partial charge in [-0.05, 0) is 34.9 Å². The third kappa shape index (κ3) is 3.45. The number of ether oxygens (including phenoxy) is 1. The van der Waals surface area contributed by atoms with Crippen LogP contribution >= 0.6 is 0 Å². The minimum absolute atomic E-state index is 0.00361. The number of benzene rings is 1. The van der Waals surface area contributed by atoms with Crippen molar-refractivity contribution in [3.63, 3.8) is 0 Å². The molecule has 0 bridgehead atoms. The van der Waals surface area contributed by atoms with Crippen molar-refractivity contribution in [1.29, 1.82) is 0 Å². The molecule has 1 aromatic rings. The molecule has 0 spiro atoms. The van der Waals surface area contributed by atoms with Crippen LogP contribution in [0.5, 0.6) is 5.75 Å². The van der Waals surface area contributed by atoms with E-state index in [9.17, 15) is 9.90 Å². The Morgan fingerprint density at radius 1 is 1.17 bits per heavy atom. The SMILES string of the molecule is CCc1ccc2c(c1)C(=O)[C@@H]([C@@H](O)C(C)(C)C)[C@H](C(C)(C)C)O2. The molecule has 2 rings (SSSR count). The van der Waals surface area contributed by atoms with Gasteiger partial charge in [-0.1, -0.05) is 54.5 Å². The van der Waals surface area contributed by atoms with Crippen LogP contribution < -0.4 is 4.74 Å². The summed E-state index contributed by atoms with van der Waals surface area (Å²) in [6.45, 7) is 14.1. The number of hydrogen-bond donors (Lipinski definition) is 1. The fourth-order valence-electron chi connectivity index (χ4n) is 3.18. The van der Waals surface area contributed by atoms with Crippen LogP contribution in [0.2, 0.25) is 0 Å². The van der Waals surface area contributed by atoms with Gasteiger partial charge >= 0.3 is 0 Å². The highest BCUT2D eigenvalue weighted by Gasteiger charge is 2.49. The van der Waals surface area contributed by atoms with E-state index in [0.29, 0.717) is 11.3 Å². The molecule has 0 fully saturated rings. The van der Waals surface area contributed by atoms with Crippen molar-refractivity contribution in [2.75, 3.05) is 0 Å². The molecule has 1 aliphatic rings. The number of ketones is 1. The topological polar surface area (TPSA) is 46.5 Å². The Morgan fingerprint density at radius 3 is 2.26 bits per heavy atom. The van der Waals surface area contributed by atoms with E-state index >= 15 is 0 Å². The van der Waals surface area contributed by atoms with E-state index < -0.39 is 12.0 Å². The average molecular weight is 318 g/mol. The molecule has 0 unspecified atom stereocenters. The molecule has 3 nitrogen and oxygen atoms in total. The second kappa shape index (κ2) is 5.94. The van der Waals surface area contributed by atoms with E-state index in [-0.39, 0.29) is 22.7 Å². The molecule has 0 aromatic heterocycles. The van der Waals surface area contributed by atoms with Crippen LogP contribution in [0.25, 0.3) is 0 Å². The molecule has 1 aliphatic heterocycles. The van der Waals surface area contributed by atoms with Gasteiger partial charge in [-0.15, -0.1) is 0 Å². The van der Waals surface area contributed by atoms with Crippen LogP contribution in [0.1, 0.15) is 64.4 Å². The molecular formula is C20H30O3.